The molecule has 2 aromatic rings. The van der Waals surface area contributed by atoms with Crippen LogP contribution in [0.3, 0.4) is 0 Å². The molecule has 2 rings (SSSR count). The van der Waals surface area contributed by atoms with Gasteiger partial charge in [0.25, 0.3) is 0 Å². The van der Waals surface area contributed by atoms with E-state index in [-0.39, 0.29) is 0 Å². The molecule has 0 saturated carbocycles. The summed E-state index contributed by atoms with van der Waals surface area (Å²) in [4.78, 5) is 0. The highest BCUT2D eigenvalue weighted by atomic mass is 14.2. The van der Waals surface area contributed by atoms with E-state index in [1.54, 1.807) is 0 Å². The minimum atomic E-state index is -0.914. The third-order valence-corrected chi connectivity index (χ3v) is 2.53. The Balaban J connectivity index is 2.44. The Kier molecular flexibility index (Phi) is 2.59. The number of hydrogen-bond acceptors (Lipinski definition) is 0. The fourth-order valence-corrected chi connectivity index (χ4v) is 1.61. The van der Waals surface area contributed by atoms with Crippen LogP contribution in [-0.2, 0) is 5.41 Å². The van der Waals surface area contributed by atoms with Crippen molar-refractivity contribution in [1.29, 1.82) is 0 Å². The first-order chi connectivity index (χ1) is 7.21. The third-order valence-electron chi connectivity index (χ3n) is 2.53. The minimum absolute atomic E-state index is 0.913. The van der Waals surface area contributed by atoms with Gasteiger partial charge in [-0.2, -0.15) is 0 Å². The van der Waals surface area contributed by atoms with Gasteiger partial charge < -0.3 is 0 Å². The molecular weight excluding hydrogens is 180 g/mol. The van der Waals surface area contributed by atoms with Crippen LogP contribution >= 0.6 is 0 Å². The molecule has 0 unspecified atom stereocenters. The molecule has 0 fully saturated rings. The lowest BCUT2D eigenvalue weighted by atomic mass is 9.78. The van der Waals surface area contributed by atoms with Gasteiger partial charge >= 0.3 is 0 Å². The number of benzene rings is 2. The zero-order valence-corrected chi connectivity index (χ0v) is 8.48. The van der Waals surface area contributed by atoms with Crippen molar-refractivity contribution < 1.29 is 0 Å². The second kappa shape index (κ2) is 3.90. The number of hydrogen-bond donors (Lipinski definition) is 0. The van der Waals surface area contributed by atoms with Crippen LogP contribution in [0.1, 0.15) is 11.1 Å². The lowest BCUT2D eigenvalue weighted by Crippen LogP contribution is -2.19. The molecule has 0 heteroatoms. The van der Waals surface area contributed by atoms with Gasteiger partial charge in [-0.05, 0) is 18.1 Å². The van der Waals surface area contributed by atoms with Gasteiger partial charge in [0.05, 0.1) is 0 Å². The average molecular weight is 192 g/mol. The van der Waals surface area contributed by atoms with Crippen LogP contribution in [0, 0.1) is 13.8 Å². The fraction of sp³-hybridized carbons (Fsp3) is 0.0667. The van der Waals surface area contributed by atoms with Crippen molar-refractivity contribution in [3.8, 4) is 0 Å². The quantitative estimate of drug-likeness (QED) is 0.684. The summed E-state index contributed by atoms with van der Waals surface area (Å²) in [7, 11) is 0. The van der Waals surface area contributed by atoms with Gasteiger partial charge in [0.15, 0.2) is 0 Å². The zero-order chi connectivity index (χ0) is 10.7. The Hall–Kier alpha value is -1.56. The molecule has 0 nitrogen and oxygen atoms in total. The smallest absolute Gasteiger partial charge is 0.0278 e. The Morgan fingerprint density at radius 2 is 1.07 bits per heavy atom. The van der Waals surface area contributed by atoms with Crippen molar-refractivity contribution in [2.24, 2.45) is 0 Å². The molecular formula is C15H12. The summed E-state index contributed by atoms with van der Waals surface area (Å²) < 4.78 is 0. The van der Waals surface area contributed by atoms with E-state index in [1.165, 1.54) is 0 Å². The summed E-state index contributed by atoms with van der Waals surface area (Å²) in [6.07, 6.45) is 0. The monoisotopic (exact) mass is 192 g/mol. The minimum Gasteiger partial charge on any atom is -0.0622 e. The van der Waals surface area contributed by atoms with E-state index in [0.29, 0.717) is 0 Å². The molecule has 0 amide bonds. The molecule has 2 aromatic carbocycles. The van der Waals surface area contributed by atoms with Crippen LogP contribution < -0.4 is 0 Å². The highest BCUT2D eigenvalue weighted by Gasteiger charge is 2.22. The molecule has 0 bridgehead atoms. The Labute approximate surface area is 91.6 Å². The predicted octanol–water partition coefficient (Wildman–Crippen LogP) is 3.39. The summed E-state index contributed by atoms with van der Waals surface area (Å²) in [5, 5.41) is 0. The first kappa shape index (κ1) is 9.97. The molecule has 0 aromatic heterocycles. The van der Waals surface area contributed by atoms with Gasteiger partial charge in [-0.15, -0.1) is 0 Å². The van der Waals surface area contributed by atoms with Gasteiger partial charge in [0.2, 0.25) is 0 Å². The van der Waals surface area contributed by atoms with Crippen LogP contribution in [0.5, 0.6) is 0 Å². The first-order valence-corrected chi connectivity index (χ1v) is 4.92. The Morgan fingerprint density at radius 1 is 0.733 bits per heavy atom. The van der Waals surface area contributed by atoms with Crippen molar-refractivity contribution in [3.63, 3.8) is 0 Å². The van der Waals surface area contributed by atoms with Crippen molar-refractivity contribution in [3.05, 3.63) is 85.6 Å². The SMILES string of the molecule is [C]C([CH2])(c1ccccc1)c1ccccc1. The lowest BCUT2D eigenvalue weighted by Gasteiger charge is -2.24. The molecule has 0 spiro atoms. The van der Waals surface area contributed by atoms with Gasteiger partial charge in [-0.25, -0.2) is 0 Å². The van der Waals surface area contributed by atoms with E-state index in [4.69, 9.17) is 6.92 Å². The third kappa shape index (κ3) is 1.94. The lowest BCUT2D eigenvalue weighted by molar-refractivity contribution is 0.806. The summed E-state index contributed by atoms with van der Waals surface area (Å²) in [5.41, 5.74) is 0.912. The van der Waals surface area contributed by atoms with E-state index in [1.807, 2.05) is 60.7 Å². The topological polar surface area (TPSA) is 0 Å². The summed E-state index contributed by atoms with van der Waals surface area (Å²) in [6.45, 7) is 12.3. The van der Waals surface area contributed by atoms with Crippen LogP contribution in [0.2, 0.25) is 0 Å². The maximum absolute atomic E-state index is 8.30. The molecule has 0 aliphatic heterocycles. The van der Waals surface area contributed by atoms with E-state index in [2.05, 4.69) is 6.92 Å². The van der Waals surface area contributed by atoms with Crippen molar-refractivity contribution in [2.75, 3.05) is 0 Å². The molecule has 72 valence electrons. The summed E-state index contributed by atoms with van der Waals surface area (Å²) in [5.74, 6) is 0. The average Bonchev–Trinajstić information content (AvgIpc) is 2.31. The largest absolute Gasteiger partial charge is 0.0622 e. The molecule has 15 heavy (non-hydrogen) atoms. The summed E-state index contributed by atoms with van der Waals surface area (Å²) in [6, 6.07) is 19.4. The van der Waals surface area contributed by atoms with Gasteiger partial charge in [-0.3, -0.25) is 0 Å². The first-order valence-electron chi connectivity index (χ1n) is 4.92. The van der Waals surface area contributed by atoms with E-state index in [9.17, 15) is 0 Å². The highest BCUT2D eigenvalue weighted by Crippen LogP contribution is 2.29. The summed E-state index contributed by atoms with van der Waals surface area (Å²) >= 11 is 0. The number of rotatable bonds is 2. The van der Waals surface area contributed by atoms with Gasteiger partial charge in [0, 0.05) is 12.3 Å². The normalized spacial score (nSPS) is 11.3. The van der Waals surface area contributed by atoms with E-state index < -0.39 is 5.41 Å². The maximum atomic E-state index is 8.30. The molecule has 4 radical (unpaired) electrons. The molecule has 0 N–H and O–H groups in total. The van der Waals surface area contributed by atoms with Crippen LogP contribution in [-0.4, -0.2) is 0 Å². The molecule has 0 aliphatic rings. The van der Waals surface area contributed by atoms with Crippen LogP contribution in [0.4, 0.5) is 0 Å². The molecule has 0 atom stereocenters. The maximum Gasteiger partial charge on any atom is 0.0278 e. The second-order valence-corrected chi connectivity index (χ2v) is 3.64. The van der Waals surface area contributed by atoms with E-state index >= 15 is 0 Å². The predicted molar refractivity (Wildman–Crippen MR) is 62.3 cm³/mol. The molecule has 0 saturated heterocycles. The Morgan fingerprint density at radius 3 is 1.40 bits per heavy atom. The van der Waals surface area contributed by atoms with Gasteiger partial charge in [-0.1, -0.05) is 60.7 Å². The van der Waals surface area contributed by atoms with Crippen LogP contribution in [0.15, 0.2) is 60.7 Å². The van der Waals surface area contributed by atoms with Crippen molar-refractivity contribution in [2.45, 2.75) is 5.41 Å². The zero-order valence-electron chi connectivity index (χ0n) is 8.48. The highest BCUT2D eigenvalue weighted by molar-refractivity contribution is 5.41. The molecule has 0 aliphatic carbocycles. The fourth-order valence-electron chi connectivity index (χ4n) is 1.61. The van der Waals surface area contributed by atoms with Gasteiger partial charge in [0.1, 0.15) is 0 Å². The van der Waals surface area contributed by atoms with E-state index in [0.717, 1.165) is 11.1 Å². The van der Waals surface area contributed by atoms with Crippen molar-refractivity contribution >= 4 is 0 Å². The Bertz CT molecular complexity index is 371. The second-order valence-electron chi connectivity index (χ2n) is 3.64. The van der Waals surface area contributed by atoms with Crippen molar-refractivity contribution in [1.82, 2.24) is 0 Å². The standard InChI is InChI=1S/C15H12/c1-15(2,13-9-5-3-6-10-13)14-11-7-4-8-12-14/h3-12H,1H2. The van der Waals surface area contributed by atoms with Crippen LogP contribution in [0.25, 0.3) is 0 Å². The molecule has 0 heterocycles.